The van der Waals surface area contributed by atoms with Crippen molar-refractivity contribution in [3.05, 3.63) is 65.7 Å². The maximum Gasteiger partial charge on any atom is 0.272 e. The Morgan fingerprint density at radius 1 is 1.06 bits per heavy atom. The van der Waals surface area contributed by atoms with E-state index in [2.05, 4.69) is 12.2 Å². The quantitative estimate of drug-likeness (QED) is 0.450. The SMILES string of the molecule is CCCCCC[C@H](O)C(CC(C)C)C(=O)NC1N=C(c2ccccc2)c2ccccc2N(C)C1=O. The van der Waals surface area contributed by atoms with Crippen LogP contribution in [-0.4, -0.2) is 41.9 Å². The number of benzene rings is 2. The molecule has 2 amide bonds. The van der Waals surface area contributed by atoms with E-state index < -0.39 is 18.2 Å². The molecule has 0 bridgehead atoms. The van der Waals surface area contributed by atoms with Crippen LogP contribution in [0.25, 0.3) is 0 Å². The average Bonchev–Trinajstić information content (AvgIpc) is 2.96. The van der Waals surface area contributed by atoms with Crippen LogP contribution in [0, 0.1) is 11.8 Å². The highest BCUT2D eigenvalue weighted by atomic mass is 16.3. The number of aliphatic imine (C=N–C) groups is 1. The van der Waals surface area contributed by atoms with E-state index in [1.807, 2.05) is 68.4 Å². The predicted molar refractivity (Wildman–Crippen MR) is 142 cm³/mol. The van der Waals surface area contributed by atoms with Gasteiger partial charge in [-0.2, -0.15) is 0 Å². The molecule has 0 fully saturated rings. The fraction of sp³-hybridized carbons (Fsp3) is 0.483. The molecule has 2 aromatic carbocycles. The molecule has 6 heteroatoms. The summed E-state index contributed by atoms with van der Waals surface area (Å²) in [6, 6.07) is 17.3. The smallest absolute Gasteiger partial charge is 0.272 e. The summed E-state index contributed by atoms with van der Waals surface area (Å²) in [5.41, 5.74) is 3.11. The molecule has 6 nitrogen and oxygen atoms in total. The number of hydrogen-bond donors (Lipinski definition) is 2. The standard InChI is InChI=1S/C29H39N3O3/c1-5-6-7-11-18-25(33)23(19-20(2)3)28(34)31-27-29(35)32(4)24-17-13-12-16-22(24)26(30-27)21-14-9-8-10-15-21/h8-10,12-17,20,23,25,27,33H,5-7,11,18-19H2,1-4H3,(H,31,34)/t23?,25-,27?/m0/s1. The zero-order chi connectivity index (χ0) is 25.4. The average molecular weight is 478 g/mol. The number of anilines is 1. The molecule has 3 rings (SSSR count). The minimum absolute atomic E-state index is 0.233. The lowest BCUT2D eigenvalue weighted by atomic mass is 9.88. The van der Waals surface area contributed by atoms with Crippen LogP contribution in [0.1, 0.15) is 70.4 Å². The van der Waals surface area contributed by atoms with Crippen LogP contribution in [-0.2, 0) is 9.59 Å². The molecule has 0 saturated carbocycles. The van der Waals surface area contributed by atoms with Crippen molar-refractivity contribution in [1.82, 2.24) is 5.32 Å². The normalized spacial score (nSPS) is 17.4. The summed E-state index contributed by atoms with van der Waals surface area (Å²) in [6.07, 6.45) is 3.47. The molecular weight excluding hydrogens is 438 g/mol. The van der Waals surface area contributed by atoms with Crippen LogP contribution in [0.3, 0.4) is 0 Å². The first-order valence-electron chi connectivity index (χ1n) is 12.8. The van der Waals surface area contributed by atoms with Crippen LogP contribution < -0.4 is 10.2 Å². The van der Waals surface area contributed by atoms with Crippen LogP contribution in [0.2, 0.25) is 0 Å². The van der Waals surface area contributed by atoms with E-state index in [9.17, 15) is 14.7 Å². The Hall–Kier alpha value is -2.99. The third-order valence-corrected chi connectivity index (χ3v) is 6.55. The van der Waals surface area contributed by atoms with Crippen molar-refractivity contribution in [2.75, 3.05) is 11.9 Å². The summed E-state index contributed by atoms with van der Waals surface area (Å²) in [7, 11) is 1.71. The summed E-state index contributed by atoms with van der Waals surface area (Å²) in [5.74, 6) is -0.986. The zero-order valence-corrected chi connectivity index (χ0v) is 21.4. The first-order valence-corrected chi connectivity index (χ1v) is 12.8. The molecule has 0 aromatic heterocycles. The maximum atomic E-state index is 13.4. The number of aliphatic hydroxyl groups excluding tert-OH is 1. The third kappa shape index (κ3) is 6.79. The molecule has 3 atom stereocenters. The highest BCUT2D eigenvalue weighted by Gasteiger charge is 2.34. The van der Waals surface area contributed by atoms with Gasteiger partial charge in [0, 0.05) is 18.2 Å². The number of unbranched alkanes of at least 4 members (excludes halogenated alkanes) is 3. The highest BCUT2D eigenvalue weighted by Crippen LogP contribution is 2.28. The number of carbonyl (C=O) groups is 2. The summed E-state index contributed by atoms with van der Waals surface area (Å²) >= 11 is 0. The van der Waals surface area contributed by atoms with Crippen molar-refractivity contribution >= 4 is 23.2 Å². The van der Waals surface area contributed by atoms with Crippen LogP contribution >= 0.6 is 0 Å². The van der Waals surface area contributed by atoms with E-state index in [1.54, 1.807) is 11.9 Å². The molecule has 0 aliphatic carbocycles. The number of fused-ring (bicyclic) bond motifs is 1. The van der Waals surface area contributed by atoms with Gasteiger partial charge in [-0.05, 0) is 24.8 Å². The van der Waals surface area contributed by atoms with Crippen molar-refractivity contribution in [1.29, 1.82) is 0 Å². The van der Waals surface area contributed by atoms with Gasteiger partial charge in [-0.3, -0.25) is 9.59 Å². The van der Waals surface area contributed by atoms with Gasteiger partial charge >= 0.3 is 0 Å². The Kier molecular flexibility index (Phi) is 9.61. The number of rotatable bonds is 11. The van der Waals surface area contributed by atoms with Crippen LogP contribution in [0.15, 0.2) is 59.6 Å². The lowest BCUT2D eigenvalue weighted by molar-refractivity contribution is -0.133. The molecule has 188 valence electrons. The van der Waals surface area contributed by atoms with Gasteiger partial charge in [-0.25, -0.2) is 4.99 Å². The minimum atomic E-state index is -1.07. The van der Waals surface area contributed by atoms with Crippen molar-refractivity contribution in [2.45, 2.75) is 71.6 Å². The van der Waals surface area contributed by atoms with Gasteiger partial charge in [0.1, 0.15) is 0 Å². The first kappa shape index (κ1) is 26.6. The van der Waals surface area contributed by atoms with Crippen LogP contribution in [0.5, 0.6) is 0 Å². The van der Waals surface area contributed by atoms with Crippen LogP contribution in [0.4, 0.5) is 5.69 Å². The number of aliphatic hydroxyl groups is 1. The third-order valence-electron chi connectivity index (χ3n) is 6.55. The monoisotopic (exact) mass is 477 g/mol. The molecular formula is C29H39N3O3. The van der Waals surface area contributed by atoms with E-state index in [0.717, 1.165) is 42.5 Å². The van der Waals surface area contributed by atoms with Gasteiger partial charge in [0.25, 0.3) is 5.91 Å². The Bertz CT molecular complexity index is 1020. The lowest BCUT2D eigenvalue weighted by Crippen LogP contribution is -2.49. The van der Waals surface area contributed by atoms with Gasteiger partial charge in [0.2, 0.25) is 12.1 Å². The van der Waals surface area contributed by atoms with Gasteiger partial charge in [0.15, 0.2) is 0 Å². The second-order valence-corrected chi connectivity index (χ2v) is 9.82. The summed E-state index contributed by atoms with van der Waals surface area (Å²) in [5, 5.41) is 13.8. The molecule has 2 N–H and O–H groups in total. The minimum Gasteiger partial charge on any atom is -0.392 e. The molecule has 0 spiro atoms. The molecule has 1 heterocycles. The topological polar surface area (TPSA) is 82.0 Å². The van der Waals surface area contributed by atoms with Gasteiger partial charge in [0.05, 0.1) is 23.4 Å². The van der Waals surface area contributed by atoms with E-state index in [-0.39, 0.29) is 17.7 Å². The van der Waals surface area contributed by atoms with E-state index in [0.29, 0.717) is 18.6 Å². The van der Waals surface area contributed by atoms with E-state index >= 15 is 0 Å². The zero-order valence-electron chi connectivity index (χ0n) is 21.4. The Morgan fingerprint density at radius 3 is 2.43 bits per heavy atom. The van der Waals surface area contributed by atoms with Crippen molar-refractivity contribution in [3.8, 4) is 0 Å². The first-order chi connectivity index (χ1) is 16.8. The molecule has 35 heavy (non-hydrogen) atoms. The highest BCUT2D eigenvalue weighted by molar-refractivity contribution is 6.20. The summed E-state index contributed by atoms with van der Waals surface area (Å²) in [4.78, 5) is 33.2. The number of nitrogens with one attached hydrogen (secondary N) is 1. The number of amides is 2. The lowest BCUT2D eigenvalue weighted by Gasteiger charge is -2.26. The molecule has 2 aromatic rings. The fourth-order valence-electron chi connectivity index (χ4n) is 4.61. The van der Waals surface area contributed by atoms with Crippen molar-refractivity contribution in [3.63, 3.8) is 0 Å². The molecule has 0 radical (unpaired) electrons. The van der Waals surface area contributed by atoms with Gasteiger partial charge < -0.3 is 15.3 Å². The molecule has 2 unspecified atom stereocenters. The van der Waals surface area contributed by atoms with Gasteiger partial charge in [-0.1, -0.05) is 95.0 Å². The number of carbonyl (C=O) groups excluding carboxylic acids is 2. The van der Waals surface area contributed by atoms with Crippen molar-refractivity contribution in [2.24, 2.45) is 16.8 Å². The maximum absolute atomic E-state index is 13.4. The summed E-state index contributed by atoms with van der Waals surface area (Å²) < 4.78 is 0. The van der Waals surface area contributed by atoms with Gasteiger partial charge in [-0.15, -0.1) is 0 Å². The predicted octanol–water partition coefficient (Wildman–Crippen LogP) is 4.94. The summed E-state index contributed by atoms with van der Waals surface area (Å²) in [6.45, 7) is 6.22. The second kappa shape index (κ2) is 12.6. The Balaban J connectivity index is 1.90. The Labute approximate surface area is 209 Å². The second-order valence-electron chi connectivity index (χ2n) is 9.82. The molecule has 0 saturated heterocycles. The Morgan fingerprint density at radius 2 is 1.74 bits per heavy atom. The number of benzodiazepines with no additional fused rings is 1. The molecule has 1 aliphatic rings. The number of hydrogen-bond acceptors (Lipinski definition) is 4. The number of nitrogens with zero attached hydrogens (tertiary/aromatic N) is 2. The number of para-hydroxylation sites is 1. The van der Waals surface area contributed by atoms with Crippen molar-refractivity contribution < 1.29 is 14.7 Å². The largest absolute Gasteiger partial charge is 0.392 e. The van der Waals surface area contributed by atoms with E-state index in [1.165, 1.54) is 0 Å². The molecule has 1 aliphatic heterocycles. The number of likely N-dealkylation sites (N-methyl/N-ethyl adjacent to an activating group) is 1. The van der Waals surface area contributed by atoms with E-state index in [4.69, 9.17) is 4.99 Å². The fourth-order valence-corrected chi connectivity index (χ4v) is 4.61.